The number of benzene rings is 1. The highest BCUT2D eigenvalue weighted by Gasteiger charge is 2.18. The third-order valence-corrected chi connectivity index (χ3v) is 4.52. The molecule has 0 fully saturated rings. The number of hydrogen-bond acceptors (Lipinski definition) is 2. The Kier molecular flexibility index (Phi) is 4.32. The van der Waals surface area contributed by atoms with Crippen molar-refractivity contribution in [3.05, 3.63) is 48.8 Å². The molecule has 1 heterocycles. The molecule has 100 valence electrons. The van der Waals surface area contributed by atoms with Crippen LogP contribution in [0.5, 0.6) is 0 Å². The van der Waals surface area contributed by atoms with Gasteiger partial charge in [0.15, 0.2) is 17.5 Å². The smallest absolute Gasteiger partial charge is 0.257 e. The van der Waals surface area contributed by atoms with Crippen LogP contribution in [0.3, 0.4) is 0 Å². The van der Waals surface area contributed by atoms with Gasteiger partial charge in [-0.1, -0.05) is 0 Å². The number of carbonyl (C=O) groups is 1. The molecule has 0 saturated carbocycles. The van der Waals surface area contributed by atoms with Crippen molar-refractivity contribution in [3.8, 4) is 0 Å². The third kappa shape index (κ3) is 3.01. The summed E-state index contributed by atoms with van der Waals surface area (Å²) in [5.74, 6) is -4.99. The van der Waals surface area contributed by atoms with E-state index in [1.54, 1.807) is 0 Å². The molecule has 2 nitrogen and oxygen atoms in total. The second-order valence-electron chi connectivity index (χ2n) is 3.41. The van der Waals surface area contributed by atoms with Gasteiger partial charge in [0.05, 0.1) is 18.8 Å². The van der Waals surface area contributed by atoms with Crippen molar-refractivity contribution in [1.29, 1.82) is 0 Å². The van der Waals surface area contributed by atoms with Gasteiger partial charge in [-0.15, -0.1) is 11.3 Å². The number of thiophene rings is 1. The van der Waals surface area contributed by atoms with Crippen LogP contribution in [-0.4, -0.2) is 5.91 Å². The number of rotatable bonds is 2. The van der Waals surface area contributed by atoms with E-state index in [9.17, 15) is 18.0 Å². The van der Waals surface area contributed by atoms with Gasteiger partial charge in [0, 0.05) is 0 Å². The van der Waals surface area contributed by atoms with Crippen LogP contribution in [0.2, 0.25) is 0 Å². The summed E-state index contributed by atoms with van der Waals surface area (Å²) in [5.41, 5.74) is -0.154. The summed E-state index contributed by atoms with van der Waals surface area (Å²) in [4.78, 5) is 11.9. The first-order chi connectivity index (χ1) is 8.90. The molecule has 0 aliphatic heterocycles. The maximum atomic E-state index is 13.4. The molecule has 19 heavy (non-hydrogen) atoms. The molecule has 0 bridgehead atoms. The van der Waals surface area contributed by atoms with E-state index in [2.05, 4.69) is 37.2 Å². The summed E-state index contributed by atoms with van der Waals surface area (Å²) in [7, 11) is 0. The lowest BCUT2D eigenvalue weighted by Crippen LogP contribution is -2.13. The predicted octanol–water partition coefficient (Wildman–Crippen LogP) is 4.94. The lowest BCUT2D eigenvalue weighted by molar-refractivity contribution is 0.102. The van der Waals surface area contributed by atoms with E-state index in [1.807, 2.05) is 0 Å². The molecule has 0 aliphatic carbocycles. The maximum absolute atomic E-state index is 13.4. The number of carbonyl (C=O) groups excluding carboxylic acids is 1. The van der Waals surface area contributed by atoms with Gasteiger partial charge in [-0.25, -0.2) is 13.2 Å². The number of amides is 1. The topological polar surface area (TPSA) is 29.1 Å². The van der Waals surface area contributed by atoms with E-state index >= 15 is 0 Å². The van der Waals surface area contributed by atoms with Gasteiger partial charge in [0.1, 0.15) is 0 Å². The summed E-state index contributed by atoms with van der Waals surface area (Å²) >= 11 is 7.64. The average molecular weight is 415 g/mol. The van der Waals surface area contributed by atoms with Crippen molar-refractivity contribution in [1.82, 2.24) is 0 Å². The lowest BCUT2D eigenvalue weighted by atomic mass is 10.2. The number of halogens is 5. The molecule has 2 aromatic rings. The fraction of sp³-hybridized carbons (Fsp3) is 0. The van der Waals surface area contributed by atoms with Crippen LogP contribution >= 0.6 is 43.2 Å². The van der Waals surface area contributed by atoms with E-state index in [0.717, 1.165) is 12.1 Å². The SMILES string of the molecule is O=C(Nc1ccc(F)c(F)c1F)c1cc(Br)sc1Br. The molecule has 1 N–H and O–H groups in total. The van der Waals surface area contributed by atoms with Gasteiger partial charge >= 0.3 is 0 Å². The molecule has 1 aromatic carbocycles. The van der Waals surface area contributed by atoms with E-state index < -0.39 is 29.0 Å². The van der Waals surface area contributed by atoms with Gasteiger partial charge in [0.2, 0.25) is 0 Å². The Morgan fingerprint density at radius 1 is 1.16 bits per heavy atom. The number of nitrogens with one attached hydrogen (secondary N) is 1. The van der Waals surface area contributed by atoms with Crippen molar-refractivity contribution in [2.45, 2.75) is 0 Å². The Bertz CT molecular complexity index is 660. The Labute approximate surface area is 126 Å². The highest BCUT2D eigenvalue weighted by molar-refractivity contribution is 9.12. The second kappa shape index (κ2) is 5.64. The van der Waals surface area contributed by atoms with E-state index in [-0.39, 0.29) is 5.56 Å². The summed E-state index contributed by atoms with van der Waals surface area (Å²) in [6.07, 6.45) is 0. The van der Waals surface area contributed by atoms with Gasteiger partial charge < -0.3 is 5.32 Å². The molecule has 0 aliphatic rings. The van der Waals surface area contributed by atoms with Crippen LogP contribution in [0.1, 0.15) is 10.4 Å². The minimum absolute atomic E-state index is 0.265. The van der Waals surface area contributed by atoms with Crippen LogP contribution in [0, 0.1) is 17.5 Å². The molecule has 2 rings (SSSR count). The van der Waals surface area contributed by atoms with Crippen LogP contribution in [0.4, 0.5) is 18.9 Å². The van der Waals surface area contributed by atoms with Crippen LogP contribution in [0.15, 0.2) is 25.8 Å². The Hall–Kier alpha value is -0.860. The zero-order valence-corrected chi connectivity index (χ0v) is 12.9. The minimum atomic E-state index is -1.62. The van der Waals surface area contributed by atoms with E-state index in [1.165, 1.54) is 17.4 Å². The molecular weight excluding hydrogens is 411 g/mol. The van der Waals surface area contributed by atoms with Crippen LogP contribution < -0.4 is 5.32 Å². The molecule has 0 atom stereocenters. The van der Waals surface area contributed by atoms with E-state index in [4.69, 9.17) is 0 Å². The summed E-state index contributed by atoms with van der Waals surface area (Å²) < 4.78 is 40.4. The third-order valence-electron chi connectivity index (χ3n) is 2.18. The van der Waals surface area contributed by atoms with Crippen LogP contribution in [-0.2, 0) is 0 Å². The fourth-order valence-electron chi connectivity index (χ4n) is 1.31. The van der Waals surface area contributed by atoms with Crippen molar-refractivity contribution in [2.24, 2.45) is 0 Å². The quantitative estimate of drug-likeness (QED) is 0.692. The largest absolute Gasteiger partial charge is 0.319 e. The van der Waals surface area contributed by atoms with Crippen molar-refractivity contribution < 1.29 is 18.0 Å². The highest BCUT2D eigenvalue weighted by atomic mass is 79.9. The lowest BCUT2D eigenvalue weighted by Gasteiger charge is -2.06. The first-order valence-corrected chi connectivity index (χ1v) is 7.20. The second-order valence-corrected chi connectivity index (χ2v) is 7.16. The molecule has 8 heteroatoms. The van der Waals surface area contributed by atoms with Crippen molar-refractivity contribution in [3.63, 3.8) is 0 Å². The Balaban J connectivity index is 2.29. The van der Waals surface area contributed by atoms with Crippen molar-refractivity contribution >= 4 is 54.8 Å². The average Bonchev–Trinajstić information content (AvgIpc) is 2.69. The first kappa shape index (κ1) is 14.5. The highest BCUT2D eigenvalue weighted by Crippen LogP contribution is 2.32. The molecule has 0 radical (unpaired) electrons. The van der Waals surface area contributed by atoms with Gasteiger partial charge in [-0.2, -0.15) is 0 Å². The summed E-state index contributed by atoms with van der Waals surface area (Å²) in [5, 5.41) is 2.18. The van der Waals surface area contributed by atoms with Gasteiger partial charge in [-0.3, -0.25) is 4.79 Å². The summed E-state index contributed by atoms with van der Waals surface area (Å²) in [6.45, 7) is 0. The first-order valence-electron chi connectivity index (χ1n) is 4.80. The molecule has 0 spiro atoms. The van der Waals surface area contributed by atoms with Gasteiger partial charge in [-0.05, 0) is 50.1 Å². The minimum Gasteiger partial charge on any atom is -0.319 e. The zero-order valence-electron chi connectivity index (χ0n) is 8.94. The molecule has 0 saturated heterocycles. The molecule has 1 amide bonds. The van der Waals surface area contributed by atoms with E-state index in [0.29, 0.717) is 7.57 Å². The molecular formula is C11H4Br2F3NOS. The number of hydrogen-bond donors (Lipinski definition) is 1. The zero-order chi connectivity index (χ0) is 14.2. The van der Waals surface area contributed by atoms with Crippen LogP contribution in [0.25, 0.3) is 0 Å². The molecule has 1 aromatic heterocycles. The maximum Gasteiger partial charge on any atom is 0.257 e. The monoisotopic (exact) mass is 413 g/mol. The Morgan fingerprint density at radius 2 is 1.84 bits per heavy atom. The standard InChI is InChI=1S/C11H4Br2F3NOS/c12-7-3-4(10(13)19-7)11(18)17-6-2-1-5(14)8(15)9(6)16/h1-3H,(H,17,18). The normalized spacial score (nSPS) is 10.6. The van der Waals surface area contributed by atoms with Crippen molar-refractivity contribution in [2.75, 3.05) is 5.32 Å². The number of anilines is 1. The summed E-state index contributed by atoms with van der Waals surface area (Å²) in [6, 6.07) is 3.23. The fourth-order valence-corrected chi connectivity index (χ4v) is 4.10. The predicted molar refractivity (Wildman–Crippen MR) is 74.0 cm³/mol. The molecule has 0 unspecified atom stereocenters. The van der Waals surface area contributed by atoms with Gasteiger partial charge in [0.25, 0.3) is 5.91 Å². The Morgan fingerprint density at radius 3 is 2.42 bits per heavy atom.